The Morgan fingerprint density at radius 2 is 1.78 bits per heavy atom. The highest BCUT2D eigenvalue weighted by Gasteiger charge is 2.06. The van der Waals surface area contributed by atoms with Crippen LogP contribution in [0, 0.1) is 0 Å². The first kappa shape index (κ1) is 13.4. The van der Waals surface area contributed by atoms with Crippen LogP contribution in [-0.4, -0.2) is 11.7 Å². The molecule has 2 N–H and O–H groups in total. The summed E-state index contributed by atoms with van der Waals surface area (Å²) in [6.07, 6.45) is 0.921. The topological polar surface area (TPSA) is 32.3 Å². The van der Waals surface area contributed by atoms with E-state index in [9.17, 15) is 5.11 Å². The number of rotatable bonds is 4. The van der Waals surface area contributed by atoms with Gasteiger partial charge in [0.1, 0.15) is 0 Å². The number of aromatic hydroxyl groups is 1. The minimum absolute atomic E-state index is 0.242. The molecule has 2 rings (SSSR count). The van der Waals surface area contributed by atoms with Gasteiger partial charge in [-0.05, 0) is 40.0 Å². The van der Waals surface area contributed by atoms with E-state index in [1.165, 1.54) is 5.56 Å². The second-order valence-electron chi connectivity index (χ2n) is 3.95. The zero-order valence-electron chi connectivity index (χ0n) is 9.66. The molecule has 0 saturated heterocycles. The average Bonchev–Trinajstić information content (AvgIpc) is 2.36. The van der Waals surface area contributed by atoms with E-state index >= 15 is 0 Å². The zero-order valence-corrected chi connectivity index (χ0v) is 12.8. The number of nitrogens with one attached hydrogen (secondary N) is 1. The fourth-order valence-corrected chi connectivity index (χ4v) is 2.91. The molecule has 94 valence electrons. The van der Waals surface area contributed by atoms with Crippen molar-refractivity contribution in [2.75, 3.05) is 11.9 Å². The van der Waals surface area contributed by atoms with Gasteiger partial charge >= 0.3 is 0 Å². The smallest absolute Gasteiger partial charge is 0.152 e. The van der Waals surface area contributed by atoms with Crippen LogP contribution in [0.4, 0.5) is 5.69 Å². The van der Waals surface area contributed by atoms with Crippen molar-refractivity contribution in [2.24, 2.45) is 0 Å². The molecule has 0 bridgehead atoms. The van der Waals surface area contributed by atoms with Gasteiger partial charge in [0.15, 0.2) is 5.75 Å². The van der Waals surface area contributed by atoms with Gasteiger partial charge in [-0.1, -0.05) is 46.3 Å². The minimum Gasteiger partial charge on any atom is -0.505 e. The van der Waals surface area contributed by atoms with E-state index in [-0.39, 0.29) is 5.75 Å². The predicted molar refractivity (Wildman–Crippen MR) is 82.1 cm³/mol. The number of phenols is 1. The Balaban J connectivity index is 1.99. The van der Waals surface area contributed by atoms with E-state index in [0.717, 1.165) is 23.1 Å². The van der Waals surface area contributed by atoms with E-state index in [4.69, 9.17) is 0 Å². The van der Waals surface area contributed by atoms with Crippen LogP contribution < -0.4 is 5.32 Å². The standard InChI is InChI=1S/C14H13Br2NO/c15-11-8-12(16)14(18)13(9-11)17-7-6-10-4-2-1-3-5-10/h1-5,8-9,17-18H,6-7H2. The van der Waals surface area contributed by atoms with Crippen molar-refractivity contribution >= 4 is 37.5 Å². The van der Waals surface area contributed by atoms with Gasteiger partial charge in [0.2, 0.25) is 0 Å². The summed E-state index contributed by atoms with van der Waals surface area (Å²) in [6.45, 7) is 0.778. The Bertz CT molecular complexity index is 529. The number of hydrogen-bond donors (Lipinski definition) is 2. The lowest BCUT2D eigenvalue weighted by molar-refractivity contribution is 0.473. The lowest BCUT2D eigenvalue weighted by atomic mass is 10.1. The third-order valence-corrected chi connectivity index (χ3v) is 3.66. The van der Waals surface area contributed by atoms with Crippen molar-refractivity contribution in [1.29, 1.82) is 0 Å². The Morgan fingerprint density at radius 1 is 1.06 bits per heavy atom. The molecule has 2 aromatic carbocycles. The van der Waals surface area contributed by atoms with Crippen molar-refractivity contribution in [3.63, 3.8) is 0 Å². The maximum absolute atomic E-state index is 9.89. The molecule has 0 radical (unpaired) electrons. The fourth-order valence-electron chi connectivity index (χ4n) is 1.69. The quantitative estimate of drug-likeness (QED) is 0.772. The number of benzene rings is 2. The van der Waals surface area contributed by atoms with Gasteiger partial charge in [-0.2, -0.15) is 0 Å². The van der Waals surface area contributed by atoms with Crippen molar-refractivity contribution in [3.8, 4) is 5.75 Å². The average molecular weight is 371 g/mol. The highest BCUT2D eigenvalue weighted by atomic mass is 79.9. The Labute approximate surface area is 123 Å². The van der Waals surface area contributed by atoms with Gasteiger partial charge in [-0.25, -0.2) is 0 Å². The molecule has 0 fully saturated rings. The van der Waals surface area contributed by atoms with E-state index < -0.39 is 0 Å². The third kappa shape index (κ3) is 3.50. The van der Waals surface area contributed by atoms with E-state index in [0.29, 0.717) is 4.47 Å². The lowest BCUT2D eigenvalue weighted by Gasteiger charge is -2.10. The monoisotopic (exact) mass is 369 g/mol. The maximum Gasteiger partial charge on any atom is 0.152 e. The summed E-state index contributed by atoms with van der Waals surface area (Å²) in [6, 6.07) is 13.9. The van der Waals surface area contributed by atoms with Crippen LogP contribution in [0.15, 0.2) is 51.4 Å². The number of anilines is 1. The second kappa shape index (κ2) is 6.25. The molecule has 0 unspecified atom stereocenters. The highest BCUT2D eigenvalue weighted by molar-refractivity contribution is 9.11. The normalized spacial score (nSPS) is 10.3. The van der Waals surface area contributed by atoms with Crippen molar-refractivity contribution in [3.05, 3.63) is 57.0 Å². The Morgan fingerprint density at radius 3 is 2.50 bits per heavy atom. The molecule has 0 aromatic heterocycles. The molecular formula is C14H13Br2NO. The van der Waals surface area contributed by atoms with Crippen LogP contribution in [0.3, 0.4) is 0 Å². The van der Waals surface area contributed by atoms with Crippen LogP contribution in [0.25, 0.3) is 0 Å². The van der Waals surface area contributed by atoms with Crippen molar-refractivity contribution < 1.29 is 5.11 Å². The fraction of sp³-hybridized carbons (Fsp3) is 0.143. The molecule has 0 aliphatic rings. The minimum atomic E-state index is 0.242. The molecule has 0 aliphatic carbocycles. The summed E-state index contributed by atoms with van der Waals surface area (Å²) < 4.78 is 1.61. The summed E-state index contributed by atoms with van der Waals surface area (Å²) in [7, 11) is 0. The summed E-state index contributed by atoms with van der Waals surface area (Å²) in [4.78, 5) is 0. The highest BCUT2D eigenvalue weighted by Crippen LogP contribution is 2.35. The molecule has 0 saturated carbocycles. The van der Waals surface area contributed by atoms with Crippen LogP contribution >= 0.6 is 31.9 Å². The molecule has 0 aliphatic heterocycles. The van der Waals surface area contributed by atoms with Gasteiger partial charge in [0.25, 0.3) is 0 Å². The van der Waals surface area contributed by atoms with Gasteiger partial charge in [0.05, 0.1) is 10.2 Å². The number of phenolic OH excluding ortho intramolecular Hbond substituents is 1. The zero-order chi connectivity index (χ0) is 13.0. The lowest BCUT2D eigenvalue weighted by Crippen LogP contribution is -2.05. The first-order chi connectivity index (χ1) is 8.66. The molecule has 18 heavy (non-hydrogen) atoms. The van der Waals surface area contributed by atoms with Crippen LogP contribution in [-0.2, 0) is 6.42 Å². The van der Waals surface area contributed by atoms with Gasteiger partial charge in [-0.3, -0.25) is 0 Å². The maximum atomic E-state index is 9.89. The van der Waals surface area contributed by atoms with E-state index in [1.54, 1.807) is 0 Å². The van der Waals surface area contributed by atoms with Gasteiger partial charge < -0.3 is 10.4 Å². The third-order valence-electron chi connectivity index (χ3n) is 2.60. The molecule has 2 aromatic rings. The largest absolute Gasteiger partial charge is 0.505 e. The first-order valence-electron chi connectivity index (χ1n) is 5.62. The summed E-state index contributed by atoms with van der Waals surface area (Å²) in [5, 5.41) is 13.1. The van der Waals surface area contributed by atoms with E-state index in [2.05, 4.69) is 49.3 Å². The number of halogens is 2. The van der Waals surface area contributed by atoms with Gasteiger partial charge in [-0.15, -0.1) is 0 Å². The van der Waals surface area contributed by atoms with Crippen molar-refractivity contribution in [1.82, 2.24) is 0 Å². The second-order valence-corrected chi connectivity index (χ2v) is 5.72. The molecule has 0 heterocycles. The van der Waals surface area contributed by atoms with Crippen LogP contribution in [0.5, 0.6) is 5.75 Å². The Hall–Kier alpha value is -1.00. The molecule has 0 atom stereocenters. The molecular weight excluding hydrogens is 358 g/mol. The molecule has 2 nitrogen and oxygen atoms in total. The first-order valence-corrected chi connectivity index (χ1v) is 7.21. The van der Waals surface area contributed by atoms with Gasteiger partial charge in [0, 0.05) is 11.0 Å². The molecule has 0 amide bonds. The Kier molecular flexibility index (Phi) is 4.66. The van der Waals surface area contributed by atoms with E-state index in [1.807, 2.05) is 30.3 Å². The summed E-state index contributed by atoms with van der Waals surface area (Å²) in [5.74, 6) is 0.242. The molecule has 0 spiro atoms. The molecule has 4 heteroatoms. The predicted octanol–water partition coefficient (Wildman–Crippen LogP) is 4.57. The van der Waals surface area contributed by atoms with Crippen LogP contribution in [0.2, 0.25) is 0 Å². The van der Waals surface area contributed by atoms with Crippen molar-refractivity contribution in [2.45, 2.75) is 6.42 Å². The summed E-state index contributed by atoms with van der Waals surface area (Å²) >= 11 is 6.72. The number of hydrogen-bond acceptors (Lipinski definition) is 2. The SMILES string of the molecule is Oc1c(Br)cc(Br)cc1NCCc1ccccc1. The summed E-state index contributed by atoms with van der Waals surface area (Å²) in [5.41, 5.74) is 2.01. The van der Waals surface area contributed by atoms with Crippen LogP contribution in [0.1, 0.15) is 5.56 Å².